The second kappa shape index (κ2) is 13.8. The summed E-state index contributed by atoms with van der Waals surface area (Å²) in [5, 5.41) is 0. The van der Waals surface area contributed by atoms with Crippen LogP contribution in [0.5, 0.6) is 0 Å². The van der Waals surface area contributed by atoms with Crippen LogP contribution in [-0.4, -0.2) is 19.9 Å². The minimum Gasteiger partial charge on any atom is -0.251 e. The molecule has 4 heterocycles. The van der Waals surface area contributed by atoms with Crippen molar-refractivity contribution in [1.82, 2.24) is 19.9 Å². The van der Waals surface area contributed by atoms with Crippen LogP contribution in [0.4, 0.5) is 0 Å². The fourth-order valence-electron chi connectivity index (χ4n) is 2.74. The van der Waals surface area contributed by atoms with Gasteiger partial charge in [0.25, 0.3) is 0 Å². The molecule has 0 atom stereocenters. The molecule has 0 aromatic carbocycles. The van der Waals surface area contributed by atoms with Crippen LogP contribution >= 0.6 is 0 Å². The second-order valence-corrected chi connectivity index (χ2v) is 7.79. The summed E-state index contributed by atoms with van der Waals surface area (Å²) >= 11 is 0. The van der Waals surface area contributed by atoms with Gasteiger partial charge in [0, 0.05) is 22.8 Å². The molecular formula is C24H24ClCuN4O4. The zero-order valence-electron chi connectivity index (χ0n) is 19.0. The van der Waals surface area contributed by atoms with Crippen LogP contribution < -0.4 is 18.6 Å². The Labute approximate surface area is 211 Å². The van der Waals surface area contributed by atoms with E-state index >= 15 is 0 Å². The Hall–Kier alpha value is -2.75. The van der Waals surface area contributed by atoms with Crippen LogP contribution in [0.3, 0.4) is 0 Å². The summed E-state index contributed by atoms with van der Waals surface area (Å²) in [5.74, 6) is 0. The molecule has 10 heteroatoms. The van der Waals surface area contributed by atoms with Gasteiger partial charge < -0.3 is 0 Å². The molecule has 4 rings (SSSR count). The van der Waals surface area contributed by atoms with Crippen molar-refractivity contribution in [3.8, 4) is 22.8 Å². The van der Waals surface area contributed by atoms with E-state index in [1.807, 2.05) is 100 Å². The van der Waals surface area contributed by atoms with Gasteiger partial charge in [-0.2, -0.15) is 0 Å². The molecular weight excluding hydrogens is 507 g/mol. The van der Waals surface area contributed by atoms with Crippen molar-refractivity contribution < 1.29 is 45.9 Å². The van der Waals surface area contributed by atoms with Crippen molar-refractivity contribution in [3.63, 3.8) is 0 Å². The number of halogens is 1. The summed E-state index contributed by atoms with van der Waals surface area (Å²) in [7, 11) is -4.94. The van der Waals surface area contributed by atoms with Gasteiger partial charge in [-0.05, 0) is 76.2 Å². The molecule has 0 unspecified atom stereocenters. The Balaban J connectivity index is 0.000000278. The number of aromatic nitrogens is 4. The van der Waals surface area contributed by atoms with Crippen molar-refractivity contribution in [1.29, 1.82) is 0 Å². The first kappa shape index (κ1) is 29.3. The van der Waals surface area contributed by atoms with Crippen LogP contribution in [-0.2, 0) is 17.1 Å². The molecule has 0 N–H and O–H groups in total. The Morgan fingerprint density at radius 3 is 0.765 bits per heavy atom. The first-order valence-corrected chi connectivity index (χ1v) is 11.1. The third-order valence-electron chi connectivity index (χ3n) is 4.08. The van der Waals surface area contributed by atoms with Crippen LogP contribution in [0, 0.1) is 37.9 Å². The molecule has 0 aliphatic rings. The number of aryl methyl sites for hydroxylation is 4. The summed E-state index contributed by atoms with van der Waals surface area (Å²) in [6, 6.07) is 23.9. The second-order valence-electron chi connectivity index (χ2n) is 7.03. The van der Waals surface area contributed by atoms with Gasteiger partial charge in [-0.25, -0.2) is 18.6 Å². The monoisotopic (exact) mass is 530 g/mol. The molecule has 0 fully saturated rings. The van der Waals surface area contributed by atoms with Gasteiger partial charge in [-0.3, -0.25) is 19.9 Å². The van der Waals surface area contributed by atoms with Crippen LogP contribution in [0.25, 0.3) is 22.8 Å². The van der Waals surface area contributed by atoms with E-state index in [0.717, 1.165) is 45.6 Å². The van der Waals surface area contributed by atoms with Crippen LogP contribution in [0.15, 0.2) is 72.8 Å². The van der Waals surface area contributed by atoms with Gasteiger partial charge in [-0.1, -0.05) is 24.3 Å². The standard InChI is InChI=1S/2C12H12N2.ClHO4.Cu/c2*1-9-5-3-7-11(13-9)12-8-4-6-10(2)14-12;2-1(3,4)5;/h2*3-8H,1-2H3;(H,2,3,4,5);/q;;;+1/p-1. The molecule has 0 saturated carbocycles. The van der Waals surface area contributed by atoms with E-state index in [1.165, 1.54) is 0 Å². The van der Waals surface area contributed by atoms with Crippen molar-refractivity contribution in [2.45, 2.75) is 27.7 Å². The molecule has 0 bridgehead atoms. The van der Waals surface area contributed by atoms with E-state index in [1.54, 1.807) is 0 Å². The maximum absolute atomic E-state index is 8.49. The minimum atomic E-state index is -4.94. The Morgan fingerprint density at radius 1 is 0.441 bits per heavy atom. The molecule has 0 aliphatic heterocycles. The molecule has 182 valence electrons. The molecule has 0 amide bonds. The van der Waals surface area contributed by atoms with Gasteiger partial charge >= 0.3 is 17.1 Å². The van der Waals surface area contributed by atoms with E-state index in [-0.39, 0.29) is 17.1 Å². The summed E-state index contributed by atoms with van der Waals surface area (Å²) in [6.45, 7) is 7.94. The van der Waals surface area contributed by atoms with Crippen molar-refractivity contribution in [2.24, 2.45) is 0 Å². The topological polar surface area (TPSA) is 144 Å². The summed E-state index contributed by atoms with van der Waals surface area (Å²) in [5.41, 5.74) is 7.83. The number of nitrogens with zero attached hydrogens (tertiary/aromatic N) is 4. The van der Waals surface area contributed by atoms with E-state index in [2.05, 4.69) is 19.9 Å². The Morgan fingerprint density at radius 2 is 0.618 bits per heavy atom. The first-order chi connectivity index (χ1) is 15.5. The number of hydrogen-bond donors (Lipinski definition) is 0. The smallest absolute Gasteiger partial charge is 0.251 e. The van der Waals surface area contributed by atoms with Crippen molar-refractivity contribution in [2.75, 3.05) is 0 Å². The maximum atomic E-state index is 8.49. The van der Waals surface area contributed by atoms with Crippen molar-refractivity contribution in [3.05, 3.63) is 95.6 Å². The minimum absolute atomic E-state index is 0. The van der Waals surface area contributed by atoms with Gasteiger partial charge in [-0.15, -0.1) is 10.2 Å². The first-order valence-electron chi connectivity index (χ1n) is 9.88. The average molecular weight is 531 g/mol. The fraction of sp³-hybridized carbons (Fsp3) is 0.167. The molecule has 34 heavy (non-hydrogen) atoms. The average Bonchev–Trinajstić information content (AvgIpc) is 2.73. The van der Waals surface area contributed by atoms with Gasteiger partial charge in [0.1, 0.15) is 0 Å². The molecule has 4 aromatic heterocycles. The van der Waals surface area contributed by atoms with E-state index in [0.29, 0.717) is 0 Å². The summed E-state index contributed by atoms with van der Waals surface area (Å²) < 4.78 is 34.0. The third-order valence-corrected chi connectivity index (χ3v) is 4.08. The van der Waals surface area contributed by atoms with Crippen molar-refractivity contribution >= 4 is 0 Å². The fourth-order valence-corrected chi connectivity index (χ4v) is 2.74. The van der Waals surface area contributed by atoms with E-state index < -0.39 is 10.2 Å². The van der Waals surface area contributed by atoms with Gasteiger partial charge in [0.2, 0.25) is 0 Å². The largest absolute Gasteiger partial charge is 1.00 e. The normalized spacial score (nSPS) is 10.1. The Bertz CT molecular complexity index is 1010. The van der Waals surface area contributed by atoms with Crippen LogP contribution in [0.1, 0.15) is 22.8 Å². The molecule has 0 saturated heterocycles. The van der Waals surface area contributed by atoms with Crippen LogP contribution in [0.2, 0.25) is 0 Å². The van der Waals surface area contributed by atoms with E-state index in [4.69, 9.17) is 18.6 Å². The van der Waals surface area contributed by atoms with E-state index in [9.17, 15) is 0 Å². The van der Waals surface area contributed by atoms with Gasteiger partial charge in [0.15, 0.2) is 0 Å². The molecule has 0 aliphatic carbocycles. The predicted octanol–water partition coefficient (Wildman–Crippen LogP) is 0.762. The molecule has 4 aromatic rings. The molecule has 0 spiro atoms. The third kappa shape index (κ3) is 11.4. The zero-order valence-corrected chi connectivity index (χ0v) is 20.7. The SMILES string of the molecule is Cc1cccc(-c2cccc(C)n2)n1.Cc1cccc(-c2cccc(C)n2)n1.[Cu+].[O-][Cl+3]([O-])([O-])[O-]. The number of rotatable bonds is 2. The molecule has 0 radical (unpaired) electrons. The summed E-state index contributed by atoms with van der Waals surface area (Å²) in [6.07, 6.45) is 0. The summed E-state index contributed by atoms with van der Waals surface area (Å²) in [4.78, 5) is 17.7. The molecule has 8 nitrogen and oxygen atoms in total. The quantitative estimate of drug-likeness (QED) is 0.345. The maximum Gasteiger partial charge on any atom is 1.00 e. The number of pyridine rings is 4. The van der Waals surface area contributed by atoms with Gasteiger partial charge in [0.05, 0.1) is 22.8 Å². The number of hydrogen-bond acceptors (Lipinski definition) is 8. The zero-order chi connectivity index (χ0) is 24.4. The Kier molecular flexibility index (Phi) is 11.9. The predicted molar refractivity (Wildman–Crippen MR) is 114 cm³/mol.